The maximum absolute atomic E-state index is 11.9. The van der Waals surface area contributed by atoms with Gasteiger partial charge in [-0.2, -0.15) is 0 Å². The highest BCUT2D eigenvalue weighted by Gasteiger charge is 2.34. The number of hydrogen-bond acceptors (Lipinski definition) is 5. The molecule has 0 saturated heterocycles. The summed E-state index contributed by atoms with van der Waals surface area (Å²) in [7, 11) is 0. The molecular formula is C22H23NO4. The molecule has 2 aliphatic rings. The lowest BCUT2D eigenvalue weighted by atomic mass is 10.1. The zero-order valence-corrected chi connectivity index (χ0v) is 15.8. The van der Waals surface area contributed by atoms with E-state index in [1.54, 1.807) is 45.0 Å². The van der Waals surface area contributed by atoms with Gasteiger partial charge in [0.05, 0.1) is 12.0 Å². The molecule has 1 heterocycles. The van der Waals surface area contributed by atoms with Crippen LogP contribution >= 0.6 is 0 Å². The summed E-state index contributed by atoms with van der Waals surface area (Å²) in [5, 5.41) is 2.19. The van der Waals surface area contributed by atoms with Crippen molar-refractivity contribution in [2.45, 2.75) is 32.8 Å². The monoisotopic (exact) mass is 365 g/mol. The van der Waals surface area contributed by atoms with E-state index in [-0.39, 0.29) is 0 Å². The lowest BCUT2D eigenvalue weighted by Crippen LogP contribution is -2.39. The van der Waals surface area contributed by atoms with Gasteiger partial charge >= 0.3 is 5.97 Å². The number of pyridine rings is 1. The van der Waals surface area contributed by atoms with E-state index in [2.05, 4.69) is 23.2 Å². The molecule has 5 heteroatoms. The molecular weight excluding hydrogens is 342 g/mol. The van der Waals surface area contributed by atoms with Gasteiger partial charge in [0.2, 0.25) is 5.88 Å². The molecule has 2 aromatic rings. The molecule has 5 nitrogen and oxygen atoms in total. The van der Waals surface area contributed by atoms with Crippen molar-refractivity contribution in [3.8, 4) is 17.4 Å². The number of carbonyl (C=O) groups is 1. The molecule has 0 radical (unpaired) electrons. The van der Waals surface area contributed by atoms with Crippen molar-refractivity contribution in [3.63, 3.8) is 0 Å². The van der Waals surface area contributed by atoms with Gasteiger partial charge < -0.3 is 14.2 Å². The summed E-state index contributed by atoms with van der Waals surface area (Å²) in [4.78, 5) is 16.5. The normalized spacial score (nSPS) is 19.7. The van der Waals surface area contributed by atoms with Crippen molar-refractivity contribution in [1.29, 1.82) is 0 Å². The summed E-state index contributed by atoms with van der Waals surface area (Å²) in [6, 6.07) is 11.1. The fraction of sp³-hybridized carbons (Fsp3) is 0.364. The third-order valence-electron chi connectivity index (χ3n) is 4.77. The van der Waals surface area contributed by atoms with Crippen LogP contribution in [0.25, 0.3) is 12.2 Å². The van der Waals surface area contributed by atoms with Gasteiger partial charge in [-0.25, -0.2) is 9.78 Å². The Hall–Kier alpha value is -2.82. The minimum atomic E-state index is -1.05. The summed E-state index contributed by atoms with van der Waals surface area (Å²) in [6.45, 7) is 5.46. The molecule has 2 atom stereocenters. The van der Waals surface area contributed by atoms with E-state index in [9.17, 15) is 4.79 Å². The Morgan fingerprint density at radius 1 is 1.07 bits per heavy atom. The molecule has 1 aromatic heterocycles. The van der Waals surface area contributed by atoms with Gasteiger partial charge in [0, 0.05) is 6.07 Å². The largest absolute Gasteiger partial charge is 0.476 e. The van der Waals surface area contributed by atoms with Crippen LogP contribution in [0.4, 0.5) is 0 Å². The number of rotatable bonds is 6. The lowest BCUT2D eigenvalue weighted by Gasteiger charge is -2.24. The summed E-state index contributed by atoms with van der Waals surface area (Å²) in [5.74, 6) is 2.76. The van der Waals surface area contributed by atoms with Crippen LogP contribution in [-0.4, -0.2) is 23.2 Å². The second-order valence-corrected chi connectivity index (χ2v) is 7.43. The summed E-state index contributed by atoms with van der Waals surface area (Å²) in [6.07, 6.45) is 5.77. The minimum absolute atomic E-state index is 0.322. The first-order chi connectivity index (χ1) is 12.9. The predicted molar refractivity (Wildman–Crippen MR) is 102 cm³/mol. The lowest BCUT2D eigenvalue weighted by molar-refractivity contribution is -0.158. The van der Waals surface area contributed by atoms with Crippen LogP contribution in [0.15, 0.2) is 36.4 Å². The molecule has 1 saturated carbocycles. The molecule has 27 heavy (non-hydrogen) atoms. The van der Waals surface area contributed by atoms with E-state index in [1.165, 1.54) is 11.6 Å². The van der Waals surface area contributed by atoms with E-state index in [4.69, 9.17) is 14.2 Å². The Morgan fingerprint density at radius 3 is 2.52 bits per heavy atom. The number of ether oxygens (including phenoxy) is 3. The highest BCUT2D eigenvalue weighted by Crippen LogP contribution is 2.41. The molecule has 140 valence electrons. The number of carbonyl (C=O) groups excluding carboxylic acids is 1. The van der Waals surface area contributed by atoms with Crippen molar-refractivity contribution in [2.24, 2.45) is 11.8 Å². The maximum Gasteiger partial charge on any atom is 0.349 e. The Kier molecular flexibility index (Phi) is 4.38. The van der Waals surface area contributed by atoms with Crippen LogP contribution in [0.2, 0.25) is 0 Å². The molecule has 0 bridgehead atoms. The Morgan fingerprint density at radius 2 is 1.78 bits per heavy atom. The molecule has 1 aromatic carbocycles. The van der Waals surface area contributed by atoms with Crippen molar-refractivity contribution < 1.29 is 19.0 Å². The first kappa shape index (κ1) is 17.6. The zero-order valence-electron chi connectivity index (χ0n) is 15.8. The third-order valence-corrected chi connectivity index (χ3v) is 4.77. The third kappa shape index (κ3) is 3.82. The summed E-state index contributed by atoms with van der Waals surface area (Å²) < 4.78 is 16.7. The van der Waals surface area contributed by atoms with E-state index in [1.807, 2.05) is 6.07 Å². The minimum Gasteiger partial charge on any atom is -0.476 e. The Bertz CT molecular complexity index is 978. The van der Waals surface area contributed by atoms with Gasteiger partial charge in [-0.3, -0.25) is 0 Å². The highest BCUT2D eigenvalue weighted by molar-refractivity contribution is 5.79. The van der Waals surface area contributed by atoms with E-state index in [0.29, 0.717) is 35.8 Å². The van der Waals surface area contributed by atoms with Crippen LogP contribution in [-0.2, 0) is 9.53 Å². The van der Waals surface area contributed by atoms with Crippen LogP contribution in [0.3, 0.4) is 0 Å². The van der Waals surface area contributed by atoms with E-state index in [0.717, 1.165) is 5.35 Å². The van der Waals surface area contributed by atoms with Crippen molar-refractivity contribution in [2.75, 3.05) is 6.61 Å². The van der Waals surface area contributed by atoms with E-state index >= 15 is 0 Å². The van der Waals surface area contributed by atoms with Gasteiger partial charge in [-0.1, -0.05) is 12.2 Å². The number of benzene rings is 1. The van der Waals surface area contributed by atoms with Crippen LogP contribution < -0.4 is 20.0 Å². The number of hydrogen-bond donors (Lipinski definition) is 0. The first-order valence-electron chi connectivity index (χ1n) is 9.29. The number of nitrogens with zero attached hydrogens (tertiary/aromatic N) is 1. The average Bonchev–Trinajstić information content (AvgIpc) is 3.39. The van der Waals surface area contributed by atoms with Gasteiger partial charge in [-0.05, 0) is 74.6 Å². The molecule has 0 spiro atoms. The molecule has 1 fully saturated rings. The van der Waals surface area contributed by atoms with Crippen LogP contribution in [0.1, 0.15) is 27.2 Å². The maximum atomic E-state index is 11.9. The fourth-order valence-corrected chi connectivity index (χ4v) is 3.19. The molecule has 0 aliphatic heterocycles. The fourth-order valence-electron chi connectivity index (χ4n) is 3.19. The number of fused-ring (bicyclic) bond motifs is 2. The van der Waals surface area contributed by atoms with Crippen molar-refractivity contribution >= 4 is 18.1 Å². The Balaban J connectivity index is 1.45. The first-order valence-corrected chi connectivity index (χ1v) is 9.29. The van der Waals surface area contributed by atoms with Gasteiger partial charge in [-0.15, -0.1) is 0 Å². The summed E-state index contributed by atoms with van der Waals surface area (Å²) >= 11 is 0. The van der Waals surface area contributed by atoms with Gasteiger partial charge in [0.1, 0.15) is 11.5 Å². The number of esters is 1. The standard InChI is InChI=1S/C22H23NO4/c1-4-25-21(24)22(2,3)27-18-8-6-17(7-9-18)26-20-10-5-14-11-15-12-16(15)13-19(14)23-20/h5-11,13,15-16H,4,12H2,1-3H3. The Labute approximate surface area is 158 Å². The molecule has 0 amide bonds. The van der Waals surface area contributed by atoms with Crippen LogP contribution in [0, 0.1) is 11.8 Å². The van der Waals surface area contributed by atoms with Gasteiger partial charge in [0.15, 0.2) is 5.60 Å². The molecule has 4 rings (SSSR count). The SMILES string of the molecule is CCOC(=O)C(C)(C)Oc1ccc(Oc2ccc3c(n2)=CC2CC2C=3)cc1. The topological polar surface area (TPSA) is 57.7 Å². The van der Waals surface area contributed by atoms with E-state index < -0.39 is 11.6 Å². The van der Waals surface area contributed by atoms with Crippen molar-refractivity contribution in [1.82, 2.24) is 4.98 Å². The van der Waals surface area contributed by atoms with Crippen molar-refractivity contribution in [3.05, 3.63) is 47.0 Å². The second kappa shape index (κ2) is 6.72. The molecule has 0 N–H and O–H groups in total. The highest BCUT2D eigenvalue weighted by atomic mass is 16.6. The number of aromatic nitrogens is 1. The smallest absolute Gasteiger partial charge is 0.349 e. The average molecular weight is 365 g/mol. The molecule has 2 unspecified atom stereocenters. The molecule has 2 aliphatic carbocycles. The summed E-state index contributed by atoms with van der Waals surface area (Å²) in [5.41, 5.74) is -1.05. The van der Waals surface area contributed by atoms with Gasteiger partial charge in [0.25, 0.3) is 0 Å². The van der Waals surface area contributed by atoms with Crippen LogP contribution in [0.5, 0.6) is 17.4 Å². The predicted octanol–water partition coefficient (Wildman–Crippen LogP) is 2.81. The quantitative estimate of drug-likeness (QED) is 0.737. The zero-order chi connectivity index (χ0) is 19.0. The second-order valence-electron chi connectivity index (χ2n) is 7.43.